The van der Waals surface area contributed by atoms with E-state index in [0.29, 0.717) is 39.4 Å². The molecule has 8 aliphatic rings. The van der Waals surface area contributed by atoms with Gasteiger partial charge in [-0.1, -0.05) is 71.0 Å². The molecule has 131 heavy (non-hydrogen) atoms. The Labute approximate surface area is 766 Å². The molecule has 10 heterocycles. The lowest BCUT2D eigenvalue weighted by Crippen LogP contribution is -2.61. The maximum Gasteiger partial charge on any atom is 0.373 e. The summed E-state index contributed by atoms with van der Waals surface area (Å²) in [5.41, 5.74) is 11.7. The van der Waals surface area contributed by atoms with Gasteiger partial charge in [-0.2, -0.15) is 21.4 Å². The molecule has 0 radical (unpaired) electrons. The third kappa shape index (κ3) is 26.5. The number of carboxylic acids is 1. The number of ketones is 1. The van der Waals surface area contributed by atoms with E-state index in [2.05, 4.69) is 68.5 Å². The Morgan fingerprint density at radius 2 is 1.05 bits per heavy atom. The Balaban J connectivity index is 0.00000635. The number of rotatable bonds is 19. The fourth-order valence-electron chi connectivity index (χ4n) is 17.1. The van der Waals surface area contributed by atoms with E-state index in [0.717, 1.165) is 40.2 Å². The molecule has 46 heteroatoms. The van der Waals surface area contributed by atoms with E-state index >= 15 is 9.59 Å². The van der Waals surface area contributed by atoms with Crippen LogP contribution in [-0.4, -0.2) is 343 Å². The van der Waals surface area contributed by atoms with Crippen molar-refractivity contribution in [2.75, 3.05) is 107 Å². The van der Waals surface area contributed by atoms with E-state index in [4.69, 9.17) is 21.1 Å². The van der Waals surface area contributed by atoms with Crippen LogP contribution in [0, 0.1) is 28.6 Å². The Bertz CT molecular complexity index is 4980. The number of aromatic amines is 2. The first-order chi connectivity index (χ1) is 62.1. The summed E-state index contributed by atoms with van der Waals surface area (Å²) >= 11 is 2.84. The summed E-state index contributed by atoms with van der Waals surface area (Å²) in [6, 6.07) is -3.02. The van der Waals surface area contributed by atoms with Crippen molar-refractivity contribution in [1.29, 1.82) is 0 Å². The number of amides is 17. The monoisotopic (exact) mass is 1880 g/mol. The molecule has 712 valence electrons. The standard InChI is InChI=1S/C84H116N20O21S3.CO2/c1-9-52-75(118)96-59-33-128-36-67(112)103-41-83-37-101(65(110)34-126-31-49(73(116)99-71(46(7)105)81(124)92-52)25-61(106)45(6)90-63(108)30-100(8)64(109)20-21-85)38-84(83,42-103)40-102(39-83)66(111)35-127-32-58(72(86)115)95-79(122)60-19-14-22-104(60)82(125)70(44(4)5)98-76(119)55(23-47-27-87-53-17-12-10-15-50(47)53)91-62(107)29-89-74(117)57(26-68(113)114)94-80(123)69(43(2)3)97-77(120)56(93-78(59)121)24-48-28-88-54-18-13-11-16-51(48)54;2-1-3/h10-13,15-18,27-28,43-46,49,52,55-60,69-71,87-88,105H,9,14,19-26,29-42,85H2,1-8H3,(H2,86,115)(H,89,117)(H,90,108)(H,91,107)(H,92,124)(H,93,121)(H,94,123)(H,95,122)(H,96,118)(H,97,120)(H,98,119)(H,99,116)(H,113,114);/t45-,46+,49-,52-,55-,56-,57-,58-,59-,60-,69-,70-,71-,83-,84?;/m0./s1. The van der Waals surface area contributed by atoms with Crippen LogP contribution in [0.25, 0.3) is 21.8 Å². The van der Waals surface area contributed by atoms with Crippen LogP contribution in [0.5, 0.6) is 0 Å². The minimum Gasteiger partial charge on any atom is -0.481 e. The number of aromatic nitrogens is 2. The van der Waals surface area contributed by atoms with E-state index in [1.807, 2.05) is 0 Å². The van der Waals surface area contributed by atoms with Crippen molar-refractivity contribution in [2.24, 2.45) is 40.1 Å². The summed E-state index contributed by atoms with van der Waals surface area (Å²) < 4.78 is 0. The van der Waals surface area contributed by atoms with Crippen LogP contribution in [0.15, 0.2) is 60.9 Å². The molecule has 4 aromatic rings. The SMILES string of the molecule is CC[C@@H]1NC(=O)[C@H]([C@@H](C)O)NC(=O)[C@@H](CC(=O)[C@H](C)NC(=O)CN(C)C(=O)CCN)CSCC(=O)N2CC34CN5C[C@@]3(C2)CN(C4)C(=O)CSC[C@H](NC1=O)C(=O)N[C@@H](Cc1c[nH]c2ccccc12)C(=O)N[C@@H](C(C)C)C(=O)N[C@@H](CC(=O)O)C(=O)NCC(=O)N[C@@H](Cc1c[nH]c2ccccc12)C(=O)N[C@@H](C(C)C)C(=O)N1CCC[C@H]1C(=O)N[C@H](C(N)=O)CSCC5=O.O=C=O. The number of carboxylic acid groups (broad SMARTS) is 1. The third-order valence-corrected chi connectivity index (χ3v) is 27.3. The van der Waals surface area contributed by atoms with Crippen LogP contribution in [0.2, 0.25) is 0 Å². The first-order valence-corrected chi connectivity index (χ1v) is 46.5. The van der Waals surface area contributed by atoms with Crippen LogP contribution in [-0.2, 0) is 114 Å². The van der Waals surface area contributed by atoms with Gasteiger partial charge in [0, 0.05) is 147 Å². The van der Waals surface area contributed by atoms with Crippen molar-refractivity contribution in [3.63, 3.8) is 0 Å². The maximum atomic E-state index is 15.5. The van der Waals surface area contributed by atoms with Gasteiger partial charge in [0.25, 0.3) is 0 Å². The number of aliphatic carboxylic acids is 1. The highest BCUT2D eigenvalue weighted by Crippen LogP contribution is 2.57. The molecule has 2 spiro atoms. The van der Waals surface area contributed by atoms with Gasteiger partial charge in [0.15, 0.2) is 5.78 Å². The number of fused-ring (bicyclic) bond motifs is 38. The lowest BCUT2D eigenvalue weighted by atomic mass is 9.71. The fourth-order valence-corrected chi connectivity index (χ4v) is 20.0. The van der Waals surface area contributed by atoms with Gasteiger partial charge < -0.3 is 115 Å². The zero-order valence-corrected chi connectivity index (χ0v) is 76.4. The number of carbonyl (C=O) groups is 19. The van der Waals surface area contributed by atoms with Gasteiger partial charge in [0.05, 0.1) is 54.8 Å². The van der Waals surface area contributed by atoms with Gasteiger partial charge in [0.1, 0.15) is 60.4 Å². The zero-order chi connectivity index (χ0) is 96.0. The number of aliphatic hydroxyl groups excluding tert-OH is 1. The average molecular weight is 1880 g/mol. The van der Waals surface area contributed by atoms with E-state index in [1.54, 1.807) is 89.5 Å². The molecule has 2 aromatic carbocycles. The molecule has 19 N–H and O–H groups in total. The molecule has 8 fully saturated rings. The number of benzene rings is 2. The predicted octanol–water partition coefficient (Wildman–Crippen LogP) is -5.00. The number of thioether (sulfide) groups is 3. The molecule has 0 aliphatic carbocycles. The molecule has 0 saturated carbocycles. The van der Waals surface area contributed by atoms with E-state index in [9.17, 15) is 91.7 Å². The van der Waals surface area contributed by atoms with Crippen LogP contribution >= 0.6 is 35.3 Å². The molecule has 15 atom stereocenters. The van der Waals surface area contributed by atoms with Gasteiger partial charge in [-0.15, -0.1) is 23.5 Å². The summed E-state index contributed by atoms with van der Waals surface area (Å²) in [4.78, 5) is 302. The molecular weight excluding hydrogens is 1770 g/mol. The second-order valence-corrected chi connectivity index (χ2v) is 37.5. The molecule has 6 bridgehead atoms. The Morgan fingerprint density at radius 1 is 0.573 bits per heavy atom. The third-order valence-electron chi connectivity index (χ3n) is 24.2. The highest BCUT2D eigenvalue weighted by Gasteiger charge is 2.69. The number of nitrogens with one attached hydrogen (secondary N) is 13. The number of nitrogens with two attached hydrogens (primary N) is 2. The van der Waals surface area contributed by atoms with E-state index < -0.39 is 245 Å². The lowest BCUT2D eigenvalue weighted by Gasteiger charge is -2.32. The molecule has 17 amide bonds. The zero-order valence-electron chi connectivity index (χ0n) is 74.0. The van der Waals surface area contributed by atoms with Crippen molar-refractivity contribution < 1.29 is 111 Å². The number of hydrogen-bond acceptors (Lipinski definition) is 26. The number of carbonyl (C=O) groups excluding carboxylic acids is 20. The van der Waals surface area contributed by atoms with Gasteiger partial charge in [-0.25, -0.2) is 0 Å². The summed E-state index contributed by atoms with van der Waals surface area (Å²) in [6.45, 7) is 8.98. The van der Waals surface area contributed by atoms with Gasteiger partial charge in [-0.05, 0) is 68.2 Å². The molecule has 2 aromatic heterocycles. The van der Waals surface area contributed by atoms with Gasteiger partial charge in [-0.3, -0.25) is 91.1 Å². The van der Waals surface area contributed by atoms with E-state index in [1.165, 1.54) is 46.6 Å². The largest absolute Gasteiger partial charge is 0.481 e. The van der Waals surface area contributed by atoms with Gasteiger partial charge >= 0.3 is 12.1 Å². The average Bonchev–Trinajstić information content (AvgIpc) is 1.52. The molecule has 43 nitrogen and oxygen atoms in total. The number of aliphatic hydroxyl groups is 1. The van der Waals surface area contributed by atoms with Crippen LogP contribution in [0.3, 0.4) is 0 Å². The van der Waals surface area contributed by atoms with Crippen LogP contribution in [0.1, 0.15) is 98.1 Å². The first-order valence-electron chi connectivity index (χ1n) is 43.1. The number of Topliss-reactive ketones (excluding diaryl/α,β-unsaturated/α-hetero) is 1. The maximum absolute atomic E-state index is 15.5. The van der Waals surface area contributed by atoms with Crippen molar-refractivity contribution in [1.82, 2.24) is 93.0 Å². The van der Waals surface area contributed by atoms with Crippen LogP contribution in [0.4, 0.5) is 0 Å². The number of para-hydroxylation sites is 2. The number of nitrogens with zero attached hydrogens (tertiary/aromatic N) is 5. The molecule has 8 aliphatic heterocycles. The number of H-pyrrole nitrogens is 2. The predicted molar refractivity (Wildman–Crippen MR) is 476 cm³/mol. The summed E-state index contributed by atoms with van der Waals surface area (Å²) in [7, 11) is 1.37. The Kier molecular flexibility index (Phi) is 36.6. The van der Waals surface area contributed by atoms with Crippen molar-refractivity contribution in [2.45, 2.75) is 172 Å². The molecule has 1 unspecified atom stereocenters. The minimum atomic E-state index is -1.95. The highest BCUT2D eigenvalue weighted by molar-refractivity contribution is 8.00. The molecule has 12 rings (SSSR count). The fraction of sp³-hybridized carbons (Fsp3) is 0.576. The second kappa shape index (κ2) is 46.7. The number of hydrogen-bond donors (Lipinski definition) is 17. The summed E-state index contributed by atoms with van der Waals surface area (Å²) in [6.07, 6.45) is -0.302. The Morgan fingerprint density at radius 3 is 1.56 bits per heavy atom. The van der Waals surface area contributed by atoms with Crippen molar-refractivity contribution >= 4 is 175 Å². The topological polar surface area (TPSA) is 631 Å². The van der Waals surface area contributed by atoms with Crippen LogP contribution < -0.4 is 70.0 Å². The normalized spacial score (nSPS) is 26.7. The van der Waals surface area contributed by atoms with Gasteiger partial charge in [0.2, 0.25) is 100 Å². The first kappa shape index (κ1) is 103. The lowest BCUT2D eigenvalue weighted by molar-refractivity contribution is -0.192. The van der Waals surface area contributed by atoms with Crippen molar-refractivity contribution in [3.05, 3.63) is 72.1 Å². The Hall–Kier alpha value is -12.0. The smallest absolute Gasteiger partial charge is 0.373 e. The molecule has 8 saturated heterocycles. The second-order valence-electron chi connectivity index (χ2n) is 34.4. The van der Waals surface area contributed by atoms with E-state index in [-0.39, 0.29) is 119 Å². The number of primary amides is 1. The quantitative estimate of drug-likeness (QED) is 0.0391. The number of likely N-dealkylation sites (N-methyl/N-ethyl adjacent to an activating group) is 1. The summed E-state index contributed by atoms with van der Waals surface area (Å²) in [5, 5.41) is 51.2. The minimum absolute atomic E-state index is 0.000698. The summed E-state index contributed by atoms with van der Waals surface area (Å²) in [5.74, 6) is -21.3. The highest BCUT2D eigenvalue weighted by atomic mass is 32.2. The molecular formula is C85H116N20O23S3. The van der Waals surface area contributed by atoms with Crippen molar-refractivity contribution in [3.8, 4) is 0 Å².